The lowest BCUT2D eigenvalue weighted by Crippen LogP contribution is -2.08. The standard InChI is InChI=1S/C21H22N2O5S/c1-6-27-20(25)19-13(4)22-21(29-19)23-18(24)7-11(2)14-8-15-12(3)10-28-17(15)9-16(14)26-5/h7-10H,6H2,1-5H3,(H,22,23,24)/b11-7+. The molecule has 1 amide bonds. The van der Waals surface area contributed by atoms with Crippen LogP contribution in [0.1, 0.15) is 40.3 Å². The Kier molecular flexibility index (Phi) is 6.03. The van der Waals surface area contributed by atoms with Crippen LogP contribution in [0.25, 0.3) is 16.5 Å². The summed E-state index contributed by atoms with van der Waals surface area (Å²) in [6, 6.07) is 3.75. The van der Waals surface area contributed by atoms with Crippen LogP contribution in [0.15, 0.2) is 28.9 Å². The molecule has 0 unspecified atom stereocenters. The first-order valence-electron chi connectivity index (χ1n) is 9.04. The van der Waals surface area contributed by atoms with Gasteiger partial charge in [0.15, 0.2) is 5.13 Å². The molecule has 0 spiro atoms. The molecule has 152 valence electrons. The molecule has 0 fully saturated rings. The van der Waals surface area contributed by atoms with E-state index in [-0.39, 0.29) is 12.5 Å². The number of rotatable bonds is 6. The summed E-state index contributed by atoms with van der Waals surface area (Å²) < 4.78 is 16.0. The number of hydrogen-bond acceptors (Lipinski definition) is 7. The molecule has 0 aliphatic rings. The number of aryl methyl sites for hydroxylation is 2. The Morgan fingerprint density at radius 2 is 2.07 bits per heavy atom. The van der Waals surface area contributed by atoms with Crippen LogP contribution in [-0.2, 0) is 9.53 Å². The minimum absolute atomic E-state index is 0.280. The fourth-order valence-electron chi connectivity index (χ4n) is 2.91. The molecule has 2 aromatic heterocycles. The zero-order chi connectivity index (χ0) is 21.1. The Hall–Kier alpha value is -3.13. The summed E-state index contributed by atoms with van der Waals surface area (Å²) >= 11 is 1.09. The Morgan fingerprint density at radius 3 is 2.76 bits per heavy atom. The number of benzene rings is 1. The number of esters is 1. The Morgan fingerprint density at radius 1 is 1.31 bits per heavy atom. The second-order valence-electron chi connectivity index (χ2n) is 6.44. The van der Waals surface area contributed by atoms with Crippen LogP contribution in [0.2, 0.25) is 0 Å². The van der Waals surface area contributed by atoms with Crippen LogP contribution in [0.5, 0.6) is 5.75 Å². The van der Waals surface area contributed by atoms with E-state index in [1.165, 1.54) is 6.08 Å². The second kappa shape index (κ2) is 8.48. The van der Waals surface area contributed by atoms with Crippen molar-refractivity contribution < 1.29 is 23.5 Å². The van der Waals surface area contributed by atoms with Gasteiger partial charge in [0.1, 0.15) is 16.2 Å². The highest BCUT2D eigenvalue weighted by molar-refractivity contribution is 7.17. The first-order valence-corrected chi connectivity index (χ1v) is 9.85. The van der Waals surface area contributed by atoms with Gasteiger partial charge in [-0.25, -0.2) is 9.78 Å². The average molecular weight is 414 g/mol. The van der Waals surface area contributed by atoms with Crippen molar-refractivity contribution in [3.8, 4) is 5.75 Å². The van der Waals surface area contributed by atoms with Crippen LogP contribution in [-0.4, -0.2) is 30.6 Å². The first kappa shape index (κ1) is 20.6. The maximum Gasteiger partial charge on any atom is 0.350 e. The van der Waals surface area contributed by atoms with Crippen LogP contribution < -0.4 is 10.1 Å². The zero-order valence-electron chi connectivity index (χ0n) is 16.9. The highest BCUT2D eigenvalue weighted by atomic mass is 32.1. The summed E-state index contributed by atoms with van der Waals surface area (Å²) in [5.41, 5.74) is 3.77. The molecular weight excluding hydrogens is 392 g/mol. The van der Waals surface area contributed by atoms with Crippen LogP contribution >= 0.6 is 11.3 Å². The molecule has 0 radical (unpaired) electrons. The highest BCUT2D eigenvalue weighted by Crippen LogP contribution is 2.33. The molecule has 3 rings (SSSR count). The van der Waals surface area contributed by atoms with Gasteiger partial charge in [-0.2, -0.15) is 0 Å². The number of aromatic nitrogens is 1. The molecule has 2 heterocycles. The predicted octanol–water partition coefficient (Wildman–Crippen LogP) is 4.73. The average Bonchev–Trinajstić information content (AvgIpc) is 3.22. The summed E-state index contributed by atoms with van der Waals surface area (Å²) in [6.07, 6.45) is 3.16. The number of anilines is 1. The van der Waals surface area contributed by atoms with Gasteiger partial charge in [0.25, 0.3) is 0 Å². The largest absolute Gasteiger partial charge is 0.496 e. The van der Waals surface area contributed by atoms with E-state index in [1.54, 1.807) is 27.2 Å². The number of allylic oxidation sites excluding steroid dienone is 1. The molecule has 0 saturated heterocycles. The van der Waals surface area contributed by atoms with Gasteiger partial charge in [-0.1, -0.05) is 11.3 Å². The number of thiazole rings is 1. The van der Waals surface area contributed by atoms with Crippen molar-refractivity contribution in [3.63, 3.8) is 0 Å². The van der Waals surface area contributed by atoms with Crippen LogP contribution in [0.3, 0.4) is 0 Å². The molecule has 7 nitrogen and oxygen atoms in total. The number of amides is 1. The summed E-state index contributed by atoms with van der Waals surface area (Å²) in [5, 5.41) is 4.01. The molecule has 29 heavy (non-hydrogen) atoms. The van der Waals surface area contributed by atoms with E-state index in [1.807, 2.05) is 26.0 Å². The lowest BCUT2D eigenvalue weighted by molar-refractivity contribution is -0.111. The molecule has 0 aliphatic carbocycles. The van der Waals surface area contributed by atoms with Gasteiger partial charge in [-0.15, -0.1) is 0 Å². The Labute approximate surface area is 172 Å². The number of nitrogens with zero attached hydrogens (tertiary/aromatic N) is 1. The maximum atomic E-state index is 12.5. The van der Waals surface area contributed by atoms with Gasteiger partial charge < -0.3 is 13.9 Å². The van der Waals surface area contributed by atoms with E-state index in [4.69, 9.17) is 13.9 Å². The third kappa shape index (κ3) is 4.32. The van der Waals surface area contributed by atoms with Gasteiger partial charge >= 0.3 is 5.97 Å². The zero-order valence-corrected chi connectivity index (χ0v) is 17.7. The minimum atomic E-state index is -0.441. The van der Waals surface area contributed by atoms with Crippen molar-refractivity contribution in [1.29, 1.82) is 0 Å². The molecule has 0 aliphatic heterocycles. The van der Waals surface area contributed by atoms with Crippen molar-refractivity contribution in [2.45, 2.75) is 27.7 Å². The second-order valence-corrected chi connectivity index (χ2v) is 7.44. The number of methoxy groups -OCH3 is 1. The lowest BCUT2D eigenvalue weighted by Gasteiger charge is -2.09. The number of ether oxygens (including phenoxy) is 2. The van der Waals surface area contributed by atoms with E-state index in [0.29, 0.717) is 21.5 Å². The number of hydrogen-bond donors (Lipinski definition) is 1. The van der Waals surface area contributed by atoms with E-state index in [2.05, 4.69) is 10.3 Å². The predicted molar refractivity (Wildman–Crippen MR) is 113 cm³/mol. The summed E-state index contributed by atoms with van der Waals surface area (Å²) in [4.78, 5) is 29.0. The van der Waals surface area contributed by atoms with Crippen molar-refractivity contribution >= 4 is 44.9 Å². The molecular formula is C21H22N2O5S. The molecule has 8 heteroatoms. The molecule has 1 N–H and O–H groups in total. The summed E-state index contributed by atoms with van der Waals surface area (Å²) in [6.45, 7) is 7.51. The van der Waals surface area contributed by atoms with Gasteiger partial charge in [0, 0.05) is 23.1 Å². The fourth-order valence-corrected chi connectivity index (χ4v) is 3.77. The molecule has 0 bridgehead atoms. The first-order chi connectivity index (χ1) is 13.8. The third-order valence-electron chi connectivity index (χ3n) is 4.35. The molecule has 3 aromatic rings. The molecule has 1 aromatic carbocycles. The van der Waals surface area contributed by atoms with E-state index in [9.17, 15) is 9.59 Å². The van der Waals surface area contributed by atoms with Crippen molar-refractivity contribution in [1.82, 2.24) is 4.98 Å². The van der Waals surface area contributed by atoms with Gasteiger partial charge in [0.05, 0.1) is 25.7 Å². The van der Waals surface area contributed by atoms with Gasteiger partial charge in [-0.05, 0) is 44.9 Å². The maximum absolute atomic E-state index is 12.5. The number of furan rings is 1. The summed E-state index contributed by atoms with van der Waals surface area (Å²) in [7, 11) is 1.57. The Bertz CT molecular complexity index is 1110. The molecule has 0 atom stereocenters. The van der Waals surface area contributed by atoms with E-state index >= 15 is 0 Å². The molecule has 0 saturated carbocycles. The van der Waals surface area contributed by atoms with Crippen molar-refractivity contribution in [2.24, 2.45) is 0 Å². The fraction of sp³-hybridized carbons (Fsp3) is 0.286. The number of carbonyl (C=O) groups is 2. The normalized spacial score (nSPS) is 11.6. The minimum Gasteiger partial charge on any atom is -0.496 e. The van der Waals surface area contributed by atoms with E-state index < -0.39 is 5.97 Å². The third-order valence-corrected chi connectivity index (χ3v) is 5.40. The number of fused-ring (bicyclic) bond motifs is 1. The smallest absolute Gasteiger partial charge is 0.350 e. The Balaban J connectivity index is 1.84. The SMILES string of the molecule is CCOC(=O)c1sc(NC(=O)/C=C(\C)c2cc3c(C)coc3cc2OC)nc1C. The quantitative estimate of drug-likeness (QED) is 0.463. The topological polar surface area (TPSA) is 90.7 Å². The number of nitrogens with one attached hydrogen (secondary N) is 1. The highest BCUT2D eigenvalue weighted by Gasteiger charge is 2.18. The number of carbonyl (C=O) groups excluding carboxylic acids is 2. The van der Waals surface area contributed by atoms with E-state index in [0.717, 1.165) is 39.0 Å². The van der Waals surface area contributed by atoms with Crippen molar-refractivity contribution in [3.05, 3.63) is 46.2 Å². The van der Waals surface area contributed by atoms with Crippen LogP contribution in [0.4, 0.5) is 5.13 Å². The lowest BCUT2D eigenvalue weighted by atomic mass is 10.0. The van der Waals surface area contributed by atoms with Gasteiger partial charge in [-0.3, -0.25) is 10.1 Å². The van der Waals surface area contributed by atoms with Crippen molar-refractivity contribution in [2.75, 3.05) is 19.0 Å². The van der Waals surface area contributed by atoms with Crippen LogP contribution in [0, 0.1) is 13.8 Å². The summed E-state index contributed by atoms with van der Waals surface area (Å²) in [5.74, 6) is -0.177. The van der Waals surface area contributed by atoms with Gasteiger partial charge in [0.2, 0.25) is 5.91 Å². The monoisotopic (exact) mass is 414 g/mol.